The smallest absolute Gasteiger partial charge is 0.220 e. The predicted octanol–water partition coefficient (Wildman–Crippen LogP) is 4.80. The van der Waals surface area contributed by atoms with E-state index in [0.717, 1.165) is 13.0 Å². The quantitative estimate of drug-likeness (QED) is 0.538. The van der Waals surface area contributed by atoms with E-state index in [4.69, 9.17) is 0 Å². The summed E-state index contributed by atoms with van der Waals surface area (Å²) in [5, 5.41) is 6.54. The Bertz CT molecular complexity index is 287. The molecule has 0 saturated carbocycles. The summed E-state index contributed by atoms with van der Waals surface area (Å²) in [7, 11) is 0. The van der Waals surface area contributed by atoms with Gasteiger partial charge in [-0.05, 0) is 60.9 Å². The number of nitrogens with one attached hydrogen (secondary N) is 2. The maximum absolute atomic E-state index is 11.6. The first-order valence-corrected chi connectivity index (χ1v) is 9.16. The third-order valence-corrected chi connectivity index (χ3v) is 3.50. The second-order valence-electron chi connectivity index (χ2n) is 8.55. The Hall–Kier alpha value is -0.570. The van der Waals surface area contributed by atoms with Gasteiger partial charge >= 0.3 is 0 Å². The lowest BCUT2D eigenvalue weighted by atomic mass is 10.1. The molecule has 22 heavy (non-hydrogen) atoms. The Balaban J connectivity index is 3.26. The van der Waals surface area contributed by atoms with Crippen molar-refractivity contribution in [1.82, 2.24) is 10.6 Å². The van der Waals surface area contributed by atoms with Gasteiger partial charge in [0.1, 0.15) is 0 Å². The fraction of sp³-hybridized carbons (Fsp3) is 0.947. The Morgan fingerprint density at radius 3 is 1.59 bits per heavy atom. The van der Waals surface area contributed by atoms with Crippen molar-refractivity contribution >= 4 is 5.91 Å². The molecule has 0 bridgehead atoms. The highest BCUT2D eigenvalue weighted by Crippen LogP contribution is 2.10. The van der Waals surface area contributed by atoms with Crippen LogP contribution >= 0.6 is 0 Å². The summed E-state index contributed by atoms with van der Waals surface area (Å²) in [5.74, 6) is 0.193. The van der Waals surface area contributed by atoms with Crippen LogP contribution in [0.4, 0.5) is 0 Å². The number of carbonyl (C=O) groups excluding carboxylic acids is 1. The highest BCUT2D eigenvalue weighted by molar-refractivity contribution is 5.76. The molecule has 0 unspecified atom stereocenters. The molecule has 0 heterocycles. The summed E-state index contributed by atoms with van der Waals surface area (Å²) < 4.78 is 0. The van der Waals surface area contributed by atoms with Gasteiger partial charge in [-0.3, -0.25) is 4.79 Å². The molecule has 0 aromatic rings. The minimum atomic E-state index is -0.0983. The summed E-state index contributed by atoms with van der Waals surface area (Å²) in [6, 6.07) is 0. The monoisotopic (exact) mass is 312 g/mol. The van der Waals surface area contributed by atoms with Crippen LogP contribution in [0.5, 0.6) is 0 Å². The van der Waals surface area contributed by atoms with Crippen LogP contribution in [0.1, 0.15) is 99.3 Å². The van der Waals surface area contributed by atoms with Crippen LogP contribution in [-0.4, -0.2) is 23.5 Å². The maximum Gasteiger partial charge on any atom is 0.220 e. The van der Waals surface area contributed by atoms with E-state index in [9.17, 15) is 4.79 Å². The van der Waals surface area contributed by atoms with Gasteiger partial charge < -0.3 is 10.6 Å². The number of unbranched alkanes of at least 4 members (excludes halogenated alkanes) is 7. The van der Waals surface area contributed by atoms with Crippen molar-refractivity contribution in [3.05, 3.63) is 0 Å². The van der Waals surface area contributed by atoms with Gasteiger partial charge in [0.15, 0.2) is 0 Å². The molecule has 3 nitrogen and oxygen atoms in total. The average molecular weight is 313 g/mol. The summed E-state index contributed by atoms with van der Waals surface area (Å²) >= 11 is 0. The fourth-order valence-electron chi connectivity index (χ4n) is 2.42. The van der Waals surface area contributed by atoms with Crippen LogP contribution in [0, 0.1) is 0 Å². The van der Waals surface area contributed by atoms with Gasteiger partial charge in [0, 0.05) is 17.5 Å². The minimum Gasteiger partial charge on any atom is -0.352 e. The third-order valence-electron chi connectivity index (χ3n) is 3.50. The van der Waals surface area contributed by atoms with Crippen LogP contribution < -0.4 is 10.6 Å². The topological polar surface area (TPSA) is 41.1 Å². The largest absolute Gasteiger partial charge is 0.352 e. The van der Waals surface area contributed by atoms with Crippen LogP contribution in [0.25, 0.3) is 0 Å². The summed E-state index contributed by atoms with van der Waals surface area (Å²) in [6.07, 6.45) is 10.8. The summed E-state index contributed by atoms with van der Waals surface area (Å²) in [6.45, 7) is 13.9. The molecule has 0 aliphatic heterocycles. The van der Waals surface area contributed by atoms with Crippen molar-refractivity contribution in [3.63, 3.8) is 0 Å². The zero-order valence-electron chi connectivity index (χ0n) is 16.0. The van der Waals surface area contributed by atoms with Crippen molar-refractivity contribution in [2.45, 2.75) is 110 Å². The number of rotatable bonds is 11. The molecule has 132 valence electrons. The minimum absolute atomic E-state index is 0.0983. The van der Waals surface area contributed by atoms with E-state index in [1.165, 1.54) is 44.9 Å². The molecule has 0 rings (SSSR count). The molecular formula is C19H40N2O. The van der Waals surface area contributed by atoms with Gasteiger partial charge in [-0.15, -0.1) is 0 Å². The number of hydrogen-bond donors (Lipinski definition) is 2. The lowest BCUT2D eigenvalue weighted by Crippen LogP contribution is -2.40. The predicted molar refractivity (Wildman–Crippen MR) is 97.2 cm³/mol. The molecule has 0 aromatic carbocycles. The second kappa shape index (κ2) is 11.0. The van der Waals surface area contributed by atoms with Gasteiger partial charge in [-0.25, -0.2) is 0 Å². The molecule has 0 atom stereocenters. The average Bonchev–Trinajstić information content (AvgIpc) is 2.32. The maximum atomic E-state index is 11.6. The molecule has 0 aliphatic carbocycles. The standard InChI is InChI=1S/C19H40N2O/c1-18(2,3)20-16-14-12-10-8-7-9-11-13-15-17(22)21-19(4,5)6/h20H,7-16H2,1-6H3,(H,21,22). The normalized spacial score (nSPS) is 12.5. The van der Waals surface area contributed by atoms with Crippen LogP contribution in [0.3, 0.4) is 0 Å². The first-order valence-electron chi connectivity index (χ1n) is 9.16. The zero-order valence-corrected chi connectivity index (χ0v) is 16.0. The molecule has 0 radical (unpaired) electrons. The number of hydrogen-bond acceptors (Lipinski definition) is 2. The van der Waals surface area contributed by atoms with Crippen LogP contribution in [0.2, 0.25) is 0 Å². The molecule has 0 aliphatic rings. The summed E-state index contributed by atoms with van der Waals surface area (Å²) in [5.41, 5.74) is 0.151. The molecule has 1 amide bonds. The summed E-state index contributed by atoms with van der Waals surface area (Å²) in [4.78, 5) is 11.6. The van der Waals surface area contributed by atoms with Gasteiger partial charge in [-0.2, -0.15) is 0 Å². The first-order chi connectivity index (χ1) is 10.1. The number of amides is 1. The molecule has 0 fully saturated rings. The fourth-order valence-corrected chi connectivity index (χ4v) is 2.42. The van der Waals surface area contributed by atoms with Gasteiger partial charge in [0.2, 0.25) is 5.91 Å². The van der Waals surface area contributed by atoms with E-state index in [2.05, 4.69) is 31.4 Å². The van der Waals surface area contributed by atoms with Crippen LogP contribution in [0.15, 0.2) is 0 Å². The van der Waals surface area contributed by atoms with Crippen molar-refractivity contribution in [2.24, 2.45) is 0 Å². The van der Waals surface area contributed by atoms with Crippen molar-refractivity contribution in [1.29, 1.82) is 0 Å². The highest BCUT2D eigenvalue weighted by Gasteiger charge is 2.12. The van der Waals surface area contributed by atoms with Crippen LogP contribution in [-0.2, 0) is 4.79 Å². The number of carbonyl (C=O) groups is 1. The molecule has 0 saturated heterocycles. The van der Waals surface area contributed by atoms with Crippen molar-refractivity contribution in [3.8, 4) is 0 Å². The lowest BCUT2D eigenvalue weighted by Gasteiger charge is -2.20. The molecule has 3 heteroatoms. The van der Waals surface area contributed by atoms with Crippen molar-refractivity contribution < 1.29 is 4.79 Å². The Labute approximate surface area is 139 Å². The second-order valence-corrected chi connectivity index (χ2v) is 8.55. The van der Waals surface area contributed by atoms with E-state index >= 15 is 0 Å². The Morgan fingerprint density at radius 2 is 1.14 bits per heavy atom. The molecule has 0 spiro atoms. The molecule has 0 aromatic heterocycles. The molecule has 2 N–H and O–H groups in total. The zero-order chi connectivity index (χ0) is 17.1. The SMILES string of the molecule is CC(C)(C)NCCCCCCCCCCC(=O)NC(C)(C)C. The van der Waals surface area contributed by atoms with Gasteiger partial charge in [-0.1, -0.05) is 38.5 Å². The Kier molecular flexibility index (Phi) is 10.8. The Morgan fingerprint density at radius 1 is 0.682 bits per heavy atom. The van der Waals surface area contributed by atoms with E-state index in [1.807, 2.05) is 20.8 Å². The van der Waals surface area contributed by atoms with Gasteiger partial charge in [0.25, 0.3) is 0 Å². The van der Waals surface area contributed by atoms with Crippen molar-refractivity contribution in [2.75, 3.05) is 6.54 Å². The van der Waals surface area contributed by atoms with E-state index < -0.39 is 0 Å². The third kappa shape index (κ3) is 17.5. The van der Waals surface area contributed by atoms with E-state index in [0.29, 0.717) is 6.42 Å². The lowest BCUT2D eigenvalue weighted by molar-refractivity contribution is -0.122. The van der Waals surface area contributed by atoms with E-state index in [1.54, 1.807) is 0 Å². The van der Waals surface area contributed by atoms with Gasteiger partial charge in [0.05, 0.1) is 0 Å². The highest BCUT2D eigenvalue weighted by atomic mass is 16.1. The van der Waals surface area contributed by atoms with E-state index in [-0.39, 0.29) is 17.0 Å². The molecular weight excluding hydrogens is 272 g/mol. The first kappa shape index (κ1) is 21.4.